The van der Waals surface area contributed by atoms with Gasteiger partial charge < -0.3 is 15.2 Å². The van der Waals surface area contributed by atoms with E-state index in [0.717, 1.165) is 34.2 Å². The Labute approximate surface area is 235 Å². The summed E-state index contributed by atoms with van der Waals surface area (Å²) < 4.78 is 7.07. The standard InChI is InChI=1S/C29H26N4O4S2/c1-18-8-13-25-31-26(30-15-23(34)20-6-4-3-5-7-20)22(27(35)32(25)16-18)14-24-28(36)33(29(38)39-24)17-19-9-11-21(37-2)12-10-19/h3-14,16,23,30,34H,15,17H2,1-2H3. The summed E-state index contributed by atoms with van der Waals surface area (Å²) in [7, 11) is 1.60. The third-order valence-corrected chi connectivity index (χ3v) is 7.68. The average Bonchev–Trinajstić information content (AvgIpc) is 3.22. The van der Waals surface area contributed by atoms with Gasteiger partial charge >= 0.3 is 0 Å². The van der Waals surface area contributed by atoms with Crippen LogP contribution in [0.1, 0.15) is 28.4 Å². The molecular formula is C29H26N4O4S2. The molecule has 2 aromatic carbocycles. The van der Waals surface area contributed by atoms with Crippen LogP contribution in [0.15, 0.2) is 82.6 Å². The Hall–Kier alpha value is -3.99. The predicted molar refractivity (Wildman–Crippen MR) is 158 cm³/mol. The van der Waals surface area contributed by atoms with E-state index >= 15 is 0 Å². The van der Waals surface area contributed by atoms with Crippen molar-refractivity contribution in [3.63, 3.8) is 0 Å². The van der Waals surface area contributed by atoms with Crippen LogP contribution in [0.3, 0.4) is 0 Å². The van der Waals surface area contributed by atoms with E-state index in [9.17, 15) is 14.7 Å². The molecule has 1 fully saturated rings. The summed E-state index contributed by atoms with van der Waals surface area (Å²) in [5.41, 5.74) is 2.85. The zero-order valence-electron chi connectivity index (χ0n) is 21.3. The molecule has 0 aliphatic carbocycles. The van der Waals surface area contributed by atoms with Crippen molar-refractivity contribution in [1.82, 2.24) is 14.3 Å². The van der Waals surface area contributed by atoms with E-state index in [4.69, 9.17) is 17.0 Å². The van der Waals surface area contributed by atoms with Gasteiger partial charge in [-0.05, 0) is 47.9 Å². The van der Waals surface area contributed by atoms with Gasteiger partial charge in [-0.25, -0.2) is 4.98 Å². The maximum atomic E-state index is 13.6. The summed E-state index contributed by atoms with van der Waals surface area (Å²) >= 11 is 6.65. The minimum Gasteiger partial charge on any atom is -0.497 e. The largest absolute Gasteiger partial charge is 0.497 e. The molecule has 1 amide bonds. The number of aliphatic hydroxyl groups excluding tert-OH is 1. The number of ether oxygens (including phenoxy) is 1. The van der Waals surface area contributed by atoms with E-state index in [1.165, 1.54) is 15.4 Å². The van der Waals surface area contributed by atoms with E-state index in [2.05, 4.69) is 10.3 Å². The molecule has 198 valence electrons. The van der Waals surface area contributed by atoms with Gasteiger partial charge in [0.15, 0.2) is 0 Å². The van der Waals surface area contributed by atoms with Crippen LogP contribution < -0.4 is 15.6 Å². The van der Waals surface area contributed by atoms with Crippen molar-refractivity contribution in [2.24, 2.45) is 0 Å². The van der Waals surface area contributed by atoms with Gasteiger partial charge in [0.2, 0.25) is 0 Å². The lowest BCUT2D eigenvalue weighted by Crippen LogP contribution is -2.27. The zero-order valence-corrected chi connectivity index (χ0v) is 23.0. The van der Waals surface area contributed by atoms with Crippen molar-refractivity contribution in [2.45, 2.75) is 19.6 Å². The van der Waals surface area contributed by atoms with Gasteiger partial charge in [-0.15, -0.1) is 0 Å². The quantitative estimate of drug-likeness (QED) is 0.240. The molecule has 0 radical (unpaired) electrons. The van der Waals surface area contributed by atoms with Gasteiger partial charge in [-0.2, -0.15) is 0 Å². The first kappa shape index (κ1) is 26.6. The molecular weight excluding hydrogens is 532 g/mol. The molecule has 1 aliphatic heterocycles. The number of nitrogens with zero attached hydrogens (tertiary/aromatic N) is 3. The number of methoxy groups -OCH3 is 1. The number of nitrogens with one attached hydrogen (secondary N) is 1. The fourth-order valence-corrected chi connectivity index (χ4v) is 5.43. The number of hydrogen-bond acceptors (Lipinski definition) is 8. The van der Waals surface area contributed by atoms with Gasteiger partial charge in [0.05, 0.1) is 30.2 Å². The van der Waals surface area contributed by atoms with Crippen molar-refractivity contribution in [3.05, 3.63) is 110 Å². The van der Waals surface area contributed by atoms with E-state index < -0.39 is 6.10 Å². The minimum atomic E-state index is -0.819. The highest BCUT2D eigenvalue weighted by molar-refractivity contribution is 8.26. The number of benzene rings is 2. The van der Waals surface area contributed by atoms with E-state index in [1.54, 1.807) is 19.4 Å². The molecule has 0 bridgehead atoms. The molecule has 1 saturated heterocycles. The molecule has 5 rings (SSSR count). The fourth-order valence-electron chi connectivity index (χ4n) is 4.19. The lowest BCUT2D eigenvalue weighted by molar-refractivity contribution is -0.122. The van der Waals surface area contributed by atoms with Crippen LogP contribution >= 0.6 is 24.0 Å². The fraction of sp³-hybridized carbons (Fsp3) is 0.172. The molecule has 0 saturated carbocycles. The number of anilines is 1. The van der Waals surface area contributed by atoms with Gasteiger partial charge in [0.1, 0.15) is 21.5 Å². The normalized spacial score (nSPS) is 15.3. The summed E-state index contributed by atoms with van der Waals surface area (Å²) in [4.78, 5) is 33.5. The van der Waals surface area contributed by atoms with Crippen LogP contribution in [0.25, 0.3) is 11.7 Å². The van der Waals surface area contributed by atoms with Gasteiger partial charge in [-0.3, -0.25) is 18.9 Å². The second-order valence-electron chi connectivity index (χ2n) is 9.04. The number of amides is 1. The maximum absolute atomic E-state index is 13.6. The summed E-state index contributed by atoms with van der Waals surface area (Å²) in [6, 6.07) is 20.3. The number of thioether (sulfide) groups is 1. The number of rotatable bonds is 8. The number of aromatic nitrogens is 2. The lowest BCUT2D eigenvalue weighted by atomic mass is 10.1. The molecule has 3 heterocycles. The van der Waals surface area contributed by atoms with Crippen LogP contribution in [0.5, 0.6) is 5.75 Å². The van der Waals surface area contributed by atoms with Crippen molar-refractivity contribution >= 4 is 51.7 Å². The van der Waals surface area contributed by atoms with Crippen LogP contribution in [0, 0.1) is 6.92 Å². The Morgan fingerprint density at radius 2 is 1.85 bits per heavy atom. The molecule has 1 aliphatic rings. The van der Waals surface area contributed by atoms with E-state index in [1.807, 2.05) is 67.6 Å². The molecule has 39 heavy (non-hydrogen) atoms. The SMILES string of the molecule is COc1ccc(CN2C(=O)C(=Cc3c(NCC(O)c4ccccc4)nc4ccc(C)cn4c3=O)SC2=S)cc1. The third-order valence-electron chi connectivity index (χ3n) is 6.30. The summed E-state index contributed by atoms with van der Waals surface area (Å²) in [5, 5.41) is 13.8. The second kappa shape index (κ2) is 11.4. The molecule has 10 heteroatoms. The van der Waals surface area contributed by atoms with Crippen molar-refractivity contribution in [1.29, 1.82) is 0 Å². The Morgan fingerprint density at radius 3 is 2.56 bits per heavy atom. The van der Waals surface area contributed by atoms with E-state index in [-0.39, 0.29) is 29.4 Å². The average molecular weight is 559 g/mol. The topological polar surface area (TPSA) is 96.2 Å². The van der Waals surface area contributed by atoms with Crippen LogP contribution in [0.4, 0.5) is 5.82 Å². The zero-order chi connectivity index (χ0) is 27.5. The molecule has 2 N–H and O–H groups in total. The van der Waals surface area contributed by atoms with Crippen molar-refractivity contribution in [3.8, 4) is 5.75 Å². The predicted octanol–water partition coefficient (Wildman–Crippen LogP) is 4.56. The summed E-state index contributed by atoms with van der Waals surface area (Å²) in [5.74, 6) is 0.713. The smallest absolute Gasteiger partial charge is 0.267 e. The van der Waals surface area contributed by atoms with Crippen molar-refractivity contribution < 1.29 is 14.6 Å². The van der Waals surface area contributed by atoms with Crippen LogP contribution in [-0.2, 0) is 11.3 Å². The highest BCUT2D eigenvalue weighted by Crippen LogP contribution is 2.34. The highest BCUT2D eigenvalue weighted by Gasteiger charge is 2.32. The molecule has 8 nitrogen and oxygen atoms in total. The Bertz CT molecular complexity index is 1640. The number of carbonyl (C=O) groups excluding carboxylic acids is 1. The number of carbonyl (C=O) groups is 1. The Balaban J connectivity index is 1.48. The van der Waals surface area contributed by atoms with E-state index in [0.29, 0.717) is 21.4 Å². The summed E-state index contributed by atoms with van der Waals surface area (Å²) in [6.45, 7) is 2.31. The molecule has 1 atom stereocenters. The van der Waals surface area contributed by atoms with Crippen molar-refractivity contribution in [2.75, 3.05) is 19.0 Å². The highest BCUT2D eigenvalue weighted by atomic mass is 32.2. The Morgan fingerprint density at radius 1 is 1.10 bits per heavy atom. The monoisotopic (exact) mass is 558 g/mol. The number of hydrogen-bond donors (Lipinski definition) is 2. The van der Waals surface area contributed by atoms with Crippen LogP contribution in [-0.4, -0.2) is 43.3 Å². The second-order valence-corrected chi connectivity index (χ2v) is 10.7. The minimum absolute atomic E-state index is 0.123. The molecule has 1 unspecified atom stereocenters. The van der Waals surface area contributed by atoms with Gasteiger partial charge in [-0.1, -0.05) is 72.5 Å². The first-order chi connectivity index (χ1) is 18.8. The number of pyridine rings is 1. The summed E-state index contributed by atoms with van der Waals surface area (Å²) in [6.07, 6.45) is 2.42. The Kier molecular flexibility index (Phi) is 7.78. The number of fused-ring (bicyclic) bond motifs is 1. The van der Waals surface area contributed by atoms with Gasteiger partial charge in [0.25, 0.3) is 11.5 Å². The first-order valence-electron chi connectivity index (χ1n) is 12.2. The number of aryl methyl sites for hydroxylation is 1. The lowest BCUT2D eigenvalue weighted by Gasteiger charge is -2.15. The molecule has 2 aromatic heterocycles. The number of thiocarbonyl (C=S) groups is 1. The maximum Gasteiger partial charge on any atom is 0.267 e. The molecule has 0 spiro atoms. The third kappa shape index (κ3) is 5.73. The van der Waals surface area contributed by atoms with Gasteiger partial charge in [0, 0.05) is 12.7 Å². The number of aliphatic hydroxyl groups is 1. The first-order valence-corrected chi connectivity index (χ1v) is 13.4. The molecule has 4 aromatic rings. The van der Waals surface area contributed by atoms with Crippen LogP contribution in [0.2, 0.25) is 0 Å².